The monoisotopic (exact) mass is 404 g/mol. The van der Waals surface area contributed by atoms with Gasteiger partial charge in [-0.3, -0.25) is 9.59 Å². The minimum absolute atomic E-state index is 0.0134. The third-order valence-corrected chi connectivity index (χ3v) is 4.18. The number of carbonyl (C=O) groups is 3. The quantitative estimate of drug-likeness (QED) is 0.659. The number of hydrogen-bond acceptors (Lipinski definition) is 4. The zero-order chi connectivity index (χ0) is 21.4. The first-order chi connectivity index (χ1) is 13.8. The average Bonchev–Trinajstić information content (AvgIpc) is 2.67. The molecule has 0 aliphatic carbocycles. The summed E-state index contributed by atoms with van der Waals surface area (Å²) in [6.07, 6.45) is 0.110. The Kier molecular flexibility index (Phi) is 7.82. The topological polar surface area (TPSA) is 84.5 Å². The van der Waals surface area contributed by atoms with Gasteiger partial charge in [0.05, 0.1) is 7.11 Å². The summed E-state index contributed by atoms with van der Waals surface area (Å²) in [6.45, 7) is 1.26. The maximum atomic E-state index is 13.4. The van der Waals surface area contributed by atoms with Crippen LogP contribution in [0.4, 0.5) is 8.78 Å². The van der Waals surface area contributed by atoms with Crippen LogP contribution in [0.25, 0.3) is 0 Å². The van der Waals surface area contributed by atoms with E-state index in [4.69, 9.17) is 4.74 Å². The first kappa shape index (κ1) is 22.0. The fourth-order valence-electron chi connectivity index (χ4n) is 2.82. The Hall–Kier alpha value is -3.29. The summed E-state index contributed by atoms with van der Waals surface area (Å²) < 4.78 is 31.3. The predicted octanol–water partition coefficient (Wildman–Crippen LogP) is 1.91. The molecule has 0 aliphatic rings. The van der Waals surface area contributed by atoms with E-state index >= 15 is 0 Å². The largest absolute Gasteiger partial charge is 0.467 e. The van der Waals surface area contributed by atoms with Crippen molar-refractivity contribution in [3.8, 4) is 0 Å². The lowest BCUT2D eigenvalue weighted by atomic mass is 10.0. The Bertz CT molecular complexity index is 871. The number of amides is 2. The van der Waals surface area contributed by atoms with Crippen LogP contribution >= 0.6 is 0 Å². The lowest BCUT2D eigenvalue weighted by molar-refractivity contribution is -0.145. The second kappa shape index (κ2) is 10.3. The molecule has 2 aromatic rings. The predicted molar refractivity (Wildman–Crippen MR) is 102 cm³/mol. The van der Waals surface area contributed by atoms with Gasteiger partial charge < -0.3 is 15.4 Å². The van der Waals surface area contributed by atoms with Crippen molar-refractivity contribution in [1.29, 1.82) is 0 Å². The van der Waals surface area contributed by atoms with Gasteiger partial charge >= 0.3 is 5.97 Å². The SMILES string of the molecule is COC(=O)[C@H](Cc1cccc(F)c1)NC(=O)[C@@H](Cc1ccc(F)cc1)NC(C)=O. The van der Waals surface area contributed by atoms with Crippen LogP contribution in [0.1, 0.15) is 18.1 Å². The van der Waals surface area contributed by atoms with E-state index in [0.29, 0.717) is 11.1 Å². The van der Waals surface area contributed by atoms with Crippen molar-refractivity contribution < 1.29 is 27.9 Å². The molecule has 2 amide bonds. The van der Waals surface area contributed by atoms with Crippen molar-refractivity contribution in [2.24, 2.45) is 0 Å². The number of rotatable bonds is 8. The summed E-state index contributed by atoms with van der Waals surface area (Å²) in [5.41, 5.74) is 1.12. The van der Waals surface area contributed by atoms with Gasteiger partial charge in [-0.25, -0.2) is 13.6 Å². The highest BCUT2D eigenvalue weighted by Gasteiger charge is 2.27. The fraction of sp³-hybridized carbons (Fsp3) is 0.286. The van der Waals surface area contributed by atoms with E-state index in [1.54, 1.807) is 6.07 Å². The molecule has 2 aromatic carbocycles. The van der Waals surface area contributed by atoms with Gasteiger partial charge in [0.25, 0.3) is 0 Å². The average molecular weight is 404 g/mol. The van der Waals surface area contributed by atoms with E-state index in [9.17, 15) is 23.2 Å². The smallest absolute Gasteiger partial charge is 0.328 e. The highest BCUT2D eigenvalue weighted by Crippen LogP contribution is 2.10. The molecule has 0 unspecified atom stereocenters. The molecule has 2 N–H and O–H groups in total. The van der Waals surface area contributed by atoms with Crippen LogP contribution in [0, 0.1) is 11.6 Å². The zero-order valence-corrected chi connectivity index (χ0v) is 16.1. The molecule has 0 bridgehead atoms. The Morgan fingerprint density at radius 1 is 0.897 bits per heavy atom. The van der Waals surface area contributed by atoms with E-state index in [2.05, 4.69) is 10.6 Å². The molecule has 2 rings (SSSR count). The first-order valence-electron chi connectivity index (χ1n) is 8.92. The Labute approximate surface area is 167 Å². The number of hydrogen-bond donors (Lipinski definition) is 2. The molecular weight excluding hydrogens is 382 g/mol. The Morgan fingerprint density at radius 3 is 2.14 bits per heavy atom. The van der Waals surface area contributed by atoms with Crippen molar-refractivity contribution in [1.82, 2.24) is 10.6 Å². The first-order valence-corrected chi connectivity index (χ1v) is 8.92. The van der Waals surface area contributed by atoms with E-state index < -0.39 is 41.5 Å². The summed E-state index contributed by atoms with van der Waals surface area (Å²) in [6, 6.07) is 9.08. The number of methoxy groups -OCH3 is 1. The molecule has 0 saturated carbocycles. The molecule has 0 spiro atoms. The van der Waals surface area contributed by atoms with Crippen LogP contribution in [0.3, 0.4) is 0 Å². The summed E-state index contributed by atoms with van der Waals surface area (Å²) >= 11 is 0. The lowest BCUT2D eigenvalue weighted by Crippen LogP contribution is -2.53. The summed E-state index contributed by atoms with van der Waals surface area (Å²) in [5, 5.41) is 5.07. The minimum atomic E-state index is -1.07. The van der Waals surface area contributed by atoms with Crippen LogP contribution in [0.15, 0.2) is 48.5 Å². The van der Waals surface area contributed by atoms with Crippen LogP contribution in [0.5, 0.6) is 0 Å². The number of carbonyl (C=O) groups excluding carboxylic acids is 3. The lowest BCUT2D eigenvalue weighted by Gasteiger charge is -2.22. The molecule has 29 heavy (non-hydrogen) atoms. The molecule has 0 saturated heterocycles. The van der Waals surface area contributed by atoms with Gasteiger partial charge in [-0.05, 0) is 35.4 Å². The molecule has 6 nitrogen and oxygen atoms in total. The summed E-state index contributed by atoms with van der Waals surface area (Å²) in [7, 11) is 1.18. The van der Waals surface area contributed by atoms with Crippen molar-refractivity contribution >= 4 is 17.8 Å². The van der Waals surface area contributed by atoms with Gasteiger partial charge in [-0.2, -0.15) is 0 Å². The third kappa shape index (κ3) is 6.99. The molecule has 0 fully saturated rings. The fourth-order valence-corrected chi connectivity index (χ4v) is 2.82. The van der Waals surface area contributed by atoms with E-state index in [0.717, 1.165) is 0 Å². The summed E-state index contributed by atoms with van der Waals surface area (Å²) in [5.74, 6) is -2.64. The zero-order valence-electron chi connectivity index (χ0n) is 16.1. The van der Waals surface area contributed by atoms with Gasteiger partial charge in [-0.15, -0.1) is 0 Å². The van der Waals surface area contributed by atoms with Crippen LogP contribution in [-0.2, 0) is 32.0 Å². The maximum absolute atomic E-state index is 13.4. The second-order valence-corrected chi connectivity index (χ2v) is 6.50. The molecule has 2 atom stereocenters. The molecular formula is C21H22F2N2O4. The van der Waals surface area contributed by atoms with Gasteiger partial charge in [0.15, 0.2) is 0 Å². The highest BCUT2D eigenvalue weighted by molar-refractivity contribution is 5.90. The maximum Gasteiger partial charge on any atom is 0.328 e. The van der Waals surface area contributed by atoms with Crippen LogP contribution in [0.2, 0.25) is 0 Å². The minimum Gasteiger partial charge on any atom is -0.467 e. The van der Waals surface area contributed by atoms with Crippen LogP contribution < -0.4 is 10.6 Å². The van der Waals surface area contributed by atoms with Gasteiger partial charge in [-0.1, -0.05) is 24.3 Å². The normalized spacial score (nSPS) is 12.6. The highest BCUT2D eigenvalue weighted by atomic mass is 19.1. The van der Waals surface area contributed by atoms with E-state index in [-0.39, 0.29) is 12.8 Å². The number of benzene rings is 2. The molecule has 154 valence electrons. The second-order valence-electron chi connectivity index (χ2n) is 6.50. The Balaban J connectivity index is 2.16. The van der Waals surface area contributed by atoms with Crippen molar-refractivity contribution in [3.63, 3.8) is 0 Å². The van der Waals surface area contributed by atoms with Crippen molar-refractivity contribution in [2.75, 3.05) is 7.11 Å². The van der Waals surface area contributed by atoms with Gasteiger partial charge in [0.1, 0.15) is 23.7 Å². The van der Waals surface area contributed by atoms with Crippen molar-refractivity contribution in [2.45, 2.75) is 31.8 Å². The van der Waals surface area contributed by atoms with Crippen molar-refractivity contribution in [3.05, 3.63) is 71.3 Å². The molecule has 0 heterocycles. The Morgan fingerprint density at radius 2 is 1.55 bits per heavy atom. The standard InChI is InChI=1S/C21H22F2N2O4/c1-13(26)24-18(11-14-6-8-16(22)9-7-14)20(27)25-19(21(28)29-2)12-15-4-3-5-17(23)10-15/h3-10,18-19H,11-12H2,1-2H3,(H,24,26)(H,25,27)/t18-,19+/m1/s1. The third-order valence-electron chi connectivity index (χ3n) is 4.18. The van der Waals surface area contributed by atoms with Gasteiger partial charge in [0.2, 0.25) is 11.8 Å². The molecule has 8 heteroatoms. The van der Waals surface area contributed by atoms with Gasteiger partial charge in [0, 0.05) is 19.8 Å². The number of nitrogens with one attached hydrogen (secondary N) is 2. The number of halogens is 2. The van der Waals surface area contributed by atoms with E-state index in [1.807, 2.05) is 0 Å². The molecule has 0 aromatic heterocycles. The number of ether oxygens (including phenoxy) is 1. The number of esters is 1. The van der Waals surface area contributed by atoms with E-state index in [1.165, 1.54) is 56.5 Å². The molecule has 0 aliphatic heterocycles. The molecule has 0 radical (unpaired) electrons. The summed E-state index contributed by atoms with van der Waals surface area (Å²) in [4.78, 5) is 36.4. The van der Waals surface area contributed by atoms with Crippen LogP contribution in [-0.4, -0.2) is 37.0 Å².